The Bertz CT molecular complexity index is 1640. The molecule has 2 heterocycles. The van der Waals surface area contributed by atoms with E-state index < -0.39 is 0 Å². The Labute approximate surface area is 236 Å². The van der Waals surface area contributed by atoms with Crippen molar-refractivity contribution in [1.82, 2.24) is 9.97 Å². The van der Waals surface area contributed by atoms with Crippen LogP contribution < -0.4 is 5.32 Å². The van der Waals surface area contributed by atoms with Crippen molar-refractivity contribution in [3.05, 3.63) is 98.3 Å². The number of pyridine rings is 1. The number of benzene rings is 3. The molecule has 0 atom stereocenters. The van der Waals surface area contributed by atoms with Crippen molar-refractivity contribution in [3.8, 4) is 22.5 Å². The number of nitrogens with one attached hydrogen (secondary N) is 1. The van der Waals surface area contributed by atoms with Crippen LogP contribution in [0.4, 0.5) is 5.13 Å². The number of carbonyl (C=O) groups is 1. The minimum Gasteiger partial charge on any atom is -0.298 e. The van der Waals surface area contributed by atoms with Crippen LogP contribution in [0.25, 0.3) is 33.4 Å². The number of unbranched alkanes of at least 4 members (excludes halogenated alkanes) is 1. The first-order valence-corrected chi connectivity index (χ1v) is 14.5. The number of nitrogens with zero attached hydrogens (tertiary/aromatic N) is 2. The zero-order chi connectivity index (χ0) is 26.8. The predicted molar refractivity (Wildman–Crippen MR) is 163 cm³/mol. The minimum atomic E-state index is -0.198. The summed E-state index contributed by atoms with van der Waals surface area (Å²) >= 11 is 5.05. The van der Waals surface area contributed by atoms with E-state index in [4.69, 9.17) is 9.97 Å². The summed E-state index contributed by atoms with van der Waals surface area (Å²) in [5.74, 6) is -0.198. The standard InChI is InChI=1S/C32H30BrN3OS/c1-5-6-7-22-9-12-23(13-10-22)30-21(4)38-32(35-30)36-31(37)27-18-29(24-11-8-19(2)20(3)16-24)34-28-15-14-25(33)17-26(27)28/h8-18H,5-7H2,1-4H3,(H,35,36,37). The average Bonchev–Trinajstić information content (AvgIpc) is 3.28. The van der Waals surface area contributed by atoms with Gasteiger partial charge in [-0.05, 0) is 80.6 Å². The van der Waals surface area contributed by atoms with Gasteiger partial charge in [-0.3, -0.25) is 10.1 Å². The normalized spacial score (nSPS) is 11.2. The second-order valence-corrected chi connectivity index (χ2v) is 11.8. The van der Waals surface area contributed by atoms with Gasteiger partial charge in [0, 0.05) is 25.9 Å². The van der Waals surface area contributed by atoms with E-state index in [0.29, 0.717) is 10.7 Å². The molecule has 38 heavy (non-hydrogen) atoms. The second kappa shape index (κ2) is 11.2. The van der Waals surface area contributed by atoms with Crippen LogP contribution in [0.5, 0.6) is 0 Å². The second-order valence-electron chi connectivity index (χ2n) is 9.69. The molecule has 4 nitrogen and oxygen atoms in total. The number of amides is 1. The molecule has 2 aromatic heterocycles. The summed E-state index contributed by atoms with van der Waals surface area (Å²) in [6, 6.07) is 22.6. The maximum Gasteiger partial charge on any atom is 0.258 e. The average molecular weight is 585 g/mol. The number of hydrogen-bond acceptors (Lipinski definition) is 4. The predicted octanol–water partition coefficient (Wildman–Crippen LogP) is 9.31. The van der Waals surface area contributed by atoms with Crippen molar-refractivity contribution >= 4 is 49.2 Å². The number of carbonyl (C=O) groups excluding carboxylic acids is 1. The maximum atomic E-state index is 13.7. The molecule has 0 bridgehead atoms. The zero-order valence-electron chi connectivity index (χ0n) is 22.1. The van der Waals surface area contributed by atoms with Crippen LogP contribution in [0, 0.1) is 20.8 Å². The summed E-state index contributed by atoms with van der Waals surface area (Å²) in [6.45, 7) is 8.44. The van der Waals surface area contributed by atoms with E-state index in [1.54, 1.807) is 0 Å². The number of fused-ring (bicyclic) bond motifs is 1. The fourth-order valence-electron chi connectivity index (χ4n) is 4.53. The molecule has 0 saturated carbocycles. The van der Waals surface area contributed by atoms with Crippen molar-refractivity contribution < 1.29 is 4.79 Å². The van der Waals surface area contributed by atoms with Crippen molar-refractivity contribution in [1.29, 1.82) is 0 Å². The van der Waals surface area contributed by atoms with Crippen molar-refractivity contribution in [3.63, 3.8) is 0 Å². The van der Waals surface area contributed by atoms with Gasteiger partial charge in [-0.15, -0.1) is 11.3 Å². The van der Waals surface area contributed by atoms with Gasteiger partial charge in [0.15, 0.2) is 5.13 Å². The van der Waals surface area contributed by atoms with Gasteiger partial charge in [-0.2, -0.15) is 0 Å². The number of hydrogen-bond donors (Lipinski definition) is 1. The van der Waals surface area contributed by atoms with E-state index in [9.17, 15) is 4.79 Å². The molecule has 1 N–H and O–H groups in total. The lowest BCUT2D eigenvalue weighted by atomic mass is 10.0. The first-order chi connectivity index (χ1) is 18.3. The van der Waals surface area contributed by atoms with Crippen LogP contribution in [0.15, 0.2) is 71.2 Å². The molecule has 0 aliphatic heterocycles. The molecule has 3 aromatic carbocycles. The van der Waals surface area contributed by atoms with Gasteiger partial charge in [0.2, 0.25) is 0 Å². The molecular weight excluding hydrogens is 554 g/mol. The molecule has 0 fully saturated rings. The van der Waals surface area contributed by atoms with Crippen LogP contribution in [-0.4, -0.2) is 15.9 Å². The lowest BCUT2D eigenvalue weighted by molar-refractivity contribution is 0.102. The summed E-state index contributed by atoms with van der Waals surface area (Å²) in [5.41, 5.74) is 8.83. The Balaban J connectivity index is 1.48. The van der Waals surface area contributed by atoms with Gasteiger partial charge >= 0.3 is 0 Å². The Morgan fingerprint density at radius 3 is 2.39 bits per heavy atom. The molecule has 5 rings (SSSR count). The molecule has 5 aromatic rings. The van der Waals surface area contributed by atoms with Gasteiger partial charge in [-0.1, -0.05) is 65.7 Å². The Kier molecular flexibility index (Phi) is 7.73. The first kappa shape index (κ1) is 26.3. The Morgan fingerprint density at radius 2 is 1.66 bits per heavy atom. The molecule has 6 heteroatoms. The summed E-state index contributed by atoms with van der Waals surface area (Å²) in [4.78, 5) is 24.4. The van der Waals surface area contributed by atoms with E-state index in [0.717, 1.165) is 49.2 Å². The number of thiazole rings is 1. The van der Waals surface area contributed by atoms with Crippen LogP contribution >= 0.6 is 27.3 Å². The molecule has 0 aliphatic carbocycles. The zero-order valence-corrected chi connectivity index (χ0v) is 24.5. The highest BCUT2D eigenvalue weighted by atomic mass is 79.9. The fraction of sp³-hybridized carbons (Fsp3) is 0.219. The van der Waals surface area contributed by atoms with Gasteiger partial charge in [0.05, 0.1) is 22.5 Å². The first-order valence-electron chi connectivity index (χ1n) is 12.9. The van der Waals surface area contributed by atoms with E-state index in [1.165, 1.54) is 40.9 Å². The highest BCUT2D eigenvalue weighted by molar-refractivity contribution is 9.10. The van der Waals surface area contributed by atoms with Gasteiger partial charge in [0.1, 0.15) is 0 Å². The van der Waals surface area contributed by atoms with E-state index in [1.807, 2.05) is 31.2 Å². The van der Waals surface area contributed by atoms with Crippen molar-refractivity contribution in [2.75, 3.05) is 5.32 Å². The number of rotatable bonds is 7. The van der Waals surface area contributed by atoms with Crippen LogP contribution in [-0.2, 0) is 6.42 Å². The summed E-state index contributed by atoms with van der Waals surface area (Å²) in [7, 11) is 0. The van der Waals surface area contributed by atoms with Gasteiger partial charge < -0.3 is 0 Å². The smallest absolute Gasteiger partial charge is 0.258 e. The molecule has 0 saturated heterocycles. The SMILES string of the molecule is CCCCc1ccc(-c2nc(NC(=O)c3cc(-c4ccc(C)c(C)c4)nc4ccc(Br)cc34)sc2C)cc1. The van der Waals surface area contributed by atoms with Crippen LogP contribution in [0.3, 0.4) is 0 Å². The van der Waals surface area contributed by atoms with E-state index >= 15 is 0 Å². The highest BCUT2D eigenvalue weighted by Gasteiger charge is 2.18. The number of halogens is 1. The number of aryl methyl sites for hydroxylation is 4. The van der Waals surface area contributed by atoms with Crippen molar-refractivity contribution in [2.45, 2.75) is 47.0 Å². The Hall–Kier alpha value is -3.35. The molecule has 0 aliphatic rings. The molecular formula is C32H30BrN3OS. The third kappa shape index (κ3) is 5.57. The molecule has 192 valence electrons. The van der Waals surface area contributed by atoms with Gasteiger partial charge in [-0.25, -0.2) is 9.97 Å². The van der Waals surface area contributed by atoms with Crippen molar-refractivity contribution in [2.24, 2.45) is 0 Å². The lowest BCUT2D eigenvalue weighted by Gasteiger charge is -2.11. The summed E-state index contributed by atoms with van der Waals surface area (Å²) < 4.78 is 0.898. The minimum absolute atomic E-state index is 0.198. The van der Waals surface area contributed by atoms with E-state index in [2.05, 4.69) is 84.5 Å². The molecule has 0 unspecified atom stereocenters. The number of aromatic nitrogens is 2. The number of anilines is 1. The Morgan fingerprint density at radius 1 is 0.895 bits per heavy atom. The molecule has 0 spiro atoms. The quantitative estimate of drug-likeness (QED) is 0.207. The topological polar surface area (TPSA) is 54.9 Å². The highest BCUT2D eigenvalue weighted by Crippen LogP contribution is 2.33. The summed E-state index contributed by atoms with van der Waals surface area (Å²) in [5, 5.41) is 4.45. The summed E-state index contributed by atoms with van der Waals surface area (Å²) in [6.07, 6.45) is 3.47. The third-order valence-electron chi connectivity index (χ3n) is 6.88. The van der Waals surface area contributed by atoms with Crippen LogP contribution in [0.2, 0.25) is 0 Å². The largest absolute Gasteiger partial charge is 0.298 e. The molecule has 0 radical (unpaired) electrons. The fourth-order valence-corrected chi connectivity index (χ4v) is 5.72. The maximum absolute atomic E-state index is 13.7. The third-order valence-corrected chi connectivity index (χ3v) is 8.26. The van der Waals surface area contributed by atoms with Gasteiger partial charge in [0.25, 0.3) is 5.91 Å². The lowest BCUT2D eigenvalue weighted by Crippen LogP contribution is -2.13. The molecule has 1 amide bonds. The monoisotopic (exact) mass is 583 g/mol. The van der Waals surface area contributed by atoms with E-state index in [-0.39, 0.29) is 5.91 Å². The van der Waals surface area contributed by atoms with Crippen LogP contribution in [0.1, 0.15) is 51.7 Å².